The molecule has 2 N–H and O–H groups in total. The number of hydrogen-bond acceptors (Lipinski definition) is 7. The van der Waals surface area contributed by atoms with Gasteiger partial charge < -0.3 is 20.1 Å². The number of likely N-dealkylation sites (tertiary alicyclic amines) is 1. The first-order valence-electron chi connectivity index (χ1n) is 12.6. The SMILES string of the molecule is N#Cc1c(N)ncnc1N1CCC(c2nc(-c3cccc(C(F)(F)F)c3)cn2CCN2CCCC2)CC1. The first-order chi connectivity index (χ1) is 17.8. The van der Waals surface area contributed by atoms with Crippen molar-refractivity contribution >= 4 is 11.6 Å². The maximum atomic E-state index is 13.3. The fourth-order valence-electron chi connectivity index (χ4n) is 5.27. The summed E-state index contributed by atoms with van der Waals surface area (Å²) in [5.41, 5.74) is 6.49. The monoisotopic (exact) mass is 510 g/mol. The summed E-state index contributed by atoms with van der Waals surface area (Å²) in [6.45, 7) is 5.10. The molecule has 0 aliphatic carbocycles. The number of nitrogen functional groups attached to an aromatic ring is 1. The molecule has 2 aliphatic rings. The molecule has 194 valence electrons. The second kappa shape index (κ2) is 10.4. The van der Waals surface area contributed by atoms with Gasteiger partial charge in [-0.3, -0.25) is 0 Å². The molecule has 0 radical (unpaired) electrons. The molecule has 0 saturated carbocycles. The topological polar surface area (TPSA) is 99.9 Å². The molecule has 5 rings (SSSR count). The molecule has 4 heterocycles. The largest absolute Gasteiger partial charge is 0.416 e. The van der Waals surface area contributed by atoms with Crippen LogP contribution in [0.25, 0.3) is 11.3 Å². The molecule has 0 atom stereocenters. The summed E-state index contributed by atoms with van der Waals surface area (Å²) in [7, 11) is 0. The Morgan fingerprint density at radius 2 is 1.81 bits per heavy atom. The highest BCUT2D eigenvalue weighted by molar-refractivity contribution is 5.63. The fourth-order valence-corrected chi connectivity index (χ4v) is 5.27. The number of nitrogens with zero attached hydrogens (tertiary/aromatic N) is 7. The van der Waals surface area contributed by atoms with E-state index in [0.29, 0.717) is 30.2 Å². The number of imidazole rings is 1. The Morgan fingerprint density at radius 1 is 1.05 bits per heavy atom. The lowest BCUT2D eigenvalue weighted by Crippen LogP contribution is -2.35. The highest BCUT2D eigenvalue weighted by atomic mass is 19.4. The average molecular weight is 511 g/mol. The summed E-state index contributed by atoms with van der Waals surface area (Å²) in [5.74, 6) is 1.74. The lowest BCUT2D eigenvalue weighted by atomic mass is 9.95. The van der Waals surface area contributed by atoms with Gasteiger partial charge in [-0.2, -0.15) is 18.4 Å². The molecule has 2 fully saturated rings. The van der Waals surface area contributed by atoms with Crippen LogP contribution in [0.3, 0.4) is 0 Å². The molecular weight excluding hydrogens is 481 g/mol. The van der Waals surface area contributed by atoms with Gasteiger partial charge in [0.1, 0.15) is 29.6 Å². The van der Waals surface area contributed by atoms with E-state index in [9.17, 15) is 18.4 Å². The van der Waals surface area contributed by atoms with Crippen LogP contribution in [0.1, 0.15) is 48.6 Å². The Morgan fingerprint density at radius 3 is 2.51 bits per heavy atom. The number of nitrogens with two attached hydrogens (primary N) is 1. The molecule has 11 heteroatoms. The van der Waals surface area contributed by atoms with Gasteiger partial charge in [-0.15, -0.1) is 0 Å². The molecule has 1 aromatic carbocycles. The maximum absolute atomic E-state index is 13.3. The maximum Gasteiger partial charge on any atom is 0.416 e. The van der Waals surface area contributed by atoms with E-state index in [4.69, 9.17) is 10.7 Å². The van der Waals surface area contributed by atoms with Gasteiger partial charge in [-0.1, -0.05) is 12.1 Å². The summed E-state index contributed by atoms with van der Waals surface area (Å²) >= 11 is 0. The van der Waals surface area contributed by atoms with E-state index in [1.54, 1.807) is 6.07 Å². The minimum atomic E-state index is -4.41. The number of aromatic nitrogens is 4. The van der Waals surface area contributed by atoms with E-state index in [1.165, 1.54) is 31.3 Å². The van der Waals surface area contributed by atoms with Gasteiger partial charge in [-0.25, -0.2) is 15.0 Å². The van der Waals surface area contributed by atoms with Gasteiger partial charge in [0.15, 0.2) is 5.82 Å². The first kappa shape index (κ1) is 25.0. The summed E-state index contributed by atoms with van der Waals surface area (Å²) in [6.07, 6.45) is 2.80. The second-order valence-electron chi connectivity index (χ2n) is 9.64. The van der Waals surface area contributed by atoms with Crippen molar-refractivity contribution in [2.24, 2.45) is 0 Å². The smallest absolute Gasteiger partial charge is 0.382 e. The Balaban J connectivity index is 1.39. The van der Waals surface area contributed by atoms with Crippen LogP contribution in [0.5, 0.6) is 0 Å². The van der Waals surface area contributed by atoms with E-state index in [-0.39, 0.29) is 17.3 Å². The third kappa shape index (κ3) is 5.39. The number of benzene rings is 1. The third-order valence-electron chi connectivity index (χ3n) is 7.28. The van der Waals surface area contributed by atoms with E-state index in [2.05, 4.69) is 25.5 Å². The van der Waals surface area contributed by atoms with Crippen LogP contribution in [0, 0.1) is 11.3 Å². The first-order valence-corrected chi connectivity index (χ1v) is 12.6. The molecule has 2 aromatic heterocycles. The zero-order valence-corrected chi connectivity index (χ0v) is 20.5. The zero-order valence-electron chi connectivity index (χ0n) is 20.5. The molecule has 3 aromatic rings. The van der Waals surface area contributed by atoms with Gasteiger partial charge in [0.25, 0.3) is 0 Å². The standard InChI is InChI=1S/C26H29F3N8/c27-26(28,29)20-5-3-4-19(14-20)22-16-37(13-12-35-8-1-2-9-35)24(34-22)18-6-10-36(11-7-18)25-21(15-30)23(31)32-17-33-25/h3-5,14,16-18H,1-2,6-13H2,(H2,31,32,33). The van der Waals surface area contributed by atoms with Crippen molar-refractivity contribution in [2.75, 3.05) is 43.4 Å². The van der Waals surface area contributed by atoms with Crippen molar-refractivity contribution < 1.29 is 13.2 Å². The van der Waals surface area contributed by atoms with Crippen LogP contribution in [0.4, 0.5) is 24.8 Å². The van der Waals surface area contributed by atoms with Crippen molar-refractivity contribution in [3.63, 3.8) is 0 Å². The molecule has 8 nitrogen and oxygen atoms in total. The van der Waals surface area contributed by atoms with Crippen LogP contribution < -0.4 is 10.6 Å². The molecule has 0 bridgehead atoms. The van der Waals surface area contributed by atoms with Gasteiger partial charge in [0, 0.05) is 43.9 Å². The summed E-state index contributed by atoms with van der Waals surface area (Å²) < 4.78 is 42.1. The predicted octanol–water partition coefficient (Wildman–Crippen LogP) is 4.29. The minimum absolute atomic E-state index is 0.138. The van der Waals surface area contributed by atoms with Crippen molar-refractivity contribution in [2.45, 2.75) is 44.3 Å². The molecule has 37 heavy (non-hydrogen) atoms. The normalized spacial score (nSPS) is 17.3. The van der Waals surface area contributed by atoms with Gasteiger partial charge >= 0.3 is 6.18 Å². The van der Waals surface area contributed by atoms with Gasteiger partial charge in [-0.05, 0) is 50.9 Å². The highest BCUT2D eigenvalue weighted by Crippen LogP contribution is 2.35. The Hall–Kier alpha value is -3.65. The minimum Gasteiger partial charge on any atom is -0.382 e. The number of nitriles is 1. The number of rotatable bonds is 6. The van der Waals surface area contributed by atoms with Crippen LogP contribution >= 0.6 is 0 Å². The highest BCUT2D eigenvalue weighted by Gasteiger charge is 2.31. The molecule has 0 unspecified atom stereocenters. The molecule has 0 amide bonds. The fraction of sp³-hybridized carbons (Fsp3) is 0.462. The quantitative estimate of drug-likeness (QED) is 0.528. The number of piperidine rings is 1. The van der Waals surface area contributed by atoms with Crippen LogP contribution in [0.2, 0.25) is 0 Å². The van der Waals surface area contributed by atoms with Gasteiger partial charge in [0.05, 0.1) is 11.3 Å². The Labute approximate surface area is 213 Å². The summed E-state index contributed by atoms with van der Waals surface area (Å²) in [4.78, 5) is 17.5. The van der Waals surface area contributed by atoms with Crippen LogP contribution in [-0.2, 0) is 12.7 Å². The summed E-state index contributed by atoms with van der Waals surface area (Å²) in [5, 5.41) is 9.50. The molecule has 2 aliphatic heterocycles. The van der Waals surface area contributed by atoms with E-state index in [0.717, 1.165) is 50.9 Å². The van der Waals surface area contributed by atoms with E-state index < -0.39 is 11.7 Å². The van der Waals surface area contributed by atoms with Crippen molar-refractivity contribution in [3.05, 3.63) is 53.7 Å². The Bertz CT molecular complexity index is 1280. The zero-order chi connectivity index (χ0) is 26.0. The Kier molecular flexibility index (Phi) is 7.02. The second-order valence-corrected chi connectivity index (χ2v) is 9.64. The van der Waals surface area contributed by atoms with Crippen molar-refractivity contribution in [3.8, 4) is 17.3 Å². The number of alkyl halides is 3. The molecule has 0 spiro atoms. The van der Waals surface area contributed by atoms with E-state index >= 15 is 0 Å². The number of anilines is 2. The average Bonchev–Trinajstić information content (AvgIpc) is 3.57. The lowest BCUT2D eigenvalue weighted by Gasteiger charge is -2.33. The summed E-state index contributed by atoms with van der Waals surface area (Å²) in [6, 6.07) is 7.46. The third-order valence-corrected chi connectivity index (χ3v) is 7.28. The number of hydrogen-bond donors (Lipinski definition) is 1. The van der Waals surface area contributed by atoms with Crippen molar-refractivity contribution in [1.82, 2.24) is 24.4 Å². The van der Waals surface area contributed by atoms with Crippen LogP contribution in [0.15, 0.2) is 36.8 Å². The van der Waals surface area contributed by atoms with Gasteiger partial charge in [0.2, 0.25) is 0 Å². The lowest BCUT2D eigenvalue weighted by molar-refractivity contribution is -0.137. The molecule has 2 saturated heterocycles. The molecular formula is C26H29F3N8. The van der Waals surface area contributed by atoms with E-state index in [1.807, 2.05) is 11.1 Å². The predicted molar refractivity (Wildman–Crippen MR) is 134 cm³/mol. The van der Waals surface area contributed by atoms with Crippen molar-refractivity contribution in [1.29, 1.82) is 5.26 Å². The number of halogens is 3. The van der Waals surface area contributed by atoms with Crippen LogP contribution in [-0.4, -0.2) is 57.1 Å².